The van der Waals surface area contributed by atoms with Gasteiger partial charge in [0.2, 0.25) is 0 Å². The highest BCUT2D eigenvalue weighted by atomic mass is 14.9. The first-order valence-corrected chi connectivity index (χ1v) is 8.30. The fourth-order valence-corrected chi connectivity index (χ4v) is 3.98. The first-order valence-electron chi connectivity index (χ1n) is 8.30. The summed E-state index contributed by atoms with van der Waals surface area (Å²) in [4.78, 5) is 4.27. The van der Waals surface area contributed by atoms with Gasteiger partial charge < -0.3 is 5.32 Å². The third-order valence-corrected chi connectivity index (χ3v) is 5.13. The molecule has 0 saturated heterocycles. The standard InChI is InChI=1S/C19H26N2/c1-3-21-18(19(2)11-5-4-6-12-19)17-9-7-8-15-14-20-13-10-16(15)17/h7-10,13-14,18,21H,3-6,11-12H2,1-2H3. The predicted octanol–water partition coefficient (Wildman–Crippen LogP) is 4.86. The minimum atomic E-state index is 0.367. The highest BCUT2D eigenvalue weighted by Gasteiger charge is 2.36. The lowest BCUT2D eigenvalue weighted by Gasteiger charge is -2.42. The van der Waals surface area contributed by atoms with Crippen molar-refractivity contribution >= 4 is 10.8 Å². The maximum atomic E-state index is 4.27. The Hall–Kier alpha value is -1.41. The van der Waals surface area contributed by atoms with E-state index in [4.69, 9.17) is 0 Å². The van der Waals surface area contributed by atoms with Crippen molar-refractivity contribution in [3.05, 3.63) is 42.2 Å². The molecule has 1 N–H and O–H groups in total. The summed E-state index contributed by atoms with van der Waals surface area (Å²) in [6, 6.07) is 9.25. The van der Waals surface area contributed by atoms with E-state index in [1.54, 1.807) is 0 Å². The third-order valence-electron chi connectivity index (χ3n) is 5.13. The van der Waals surface area contributed by atoms with E-state index < -0.39 is 0 Å². The quantitative estimate of drug-likeness (QED) is 0.866. The van der Waals surface area contributed by atoms with E-state index in [1.165, 1.54) is 48.4 Å². The highest BCUT2D eigenvalue weighted by molar-refractivity contribution is 5.85. The average Bonchev–Trinajstić information content (AvgIpc) is 2.53. The van der Waals surface area contributed by atoms with Gasteiger partial charge in [-0.05, 0) is 41.8 Å². The maximum absolute atomic E-state index is 4.27. The normalized spacial score (nSPS) is 19.5. The molecule has 3 rings (SSSR count). The molecule has 1 aromatic carbocycles. The molecule has 0 radical (unpaired) electrons. The van der Waals surface area contributed by atoms with Crippen LogP contribution in [0.5, 0.6) is 0 Å². The minimum Gasteiger partial charge on any atom is -0.310 e. The molecular weight excluding hydrogens is 256 g/mol. The zero-order valence-electron chi connectivity index (χ0n) is 13.2. The van der Waals surface area contributed by atoms with Crippen LogP contribution in [-0.4, -0.2) is 11.5 Å². The lowest BCUT2D eigenvalue weighted by molar-refractivity contribution is 0.147. The van der Waals surface area contributed by atoms with Crippen LogP contribution in [-0.2, 0) is 0 Å². The van der Waals surface area contributed by atoms with Crippen molar-refractivity contribution < 1.29 is 0 Å². The number of hydrogen-bond acceptors (Lipinski definition) is 2. The van der Waals surface area contributed by atoms with E-state index >= 15 is 0 Å². The summed E-state index contributed by atoms with van der Waals surface area (Å²) in [5, 5.41) is 6.38. The average molecular weight is 282 g/mol. The van der Waals surface area contributed by atoms with Gasteiger partial charge in [-0.2, -0.15) is 0 Å². The molecule has 2 heteroatoms. The molecule has 0 amide bonds. The summed E-state index contributed by atoms with van der Waals surface area (Å²) in [5.41, 5.74) is 1.81. The summed E-state index contributed by atoms with van der Waals surface area (Å²) >= 11 is 0. The molecule has 1 heterocycles. The number of fused-ring (bicyclic) bond motifs is 1. The maximum Gasteiger partial charge on any atom is 0.0380 e. The molecular formula is C19H26N2. The Morgan fingerprint density at radius 2 is 2.00 bits per heavy atom. The summed E-state index contributed by atoms with van der Waals surface area (Å²) in [6.45, 7) is 5.70. The number of nitrogens with zero attached hydrogens (tertiary/aromatic N) is 1. The van der Waals surface area contributed by atoms with Crippen molar-refractivity contribution in [3.63, 3.8) is 0 Å². The Morgan fingerprint density at radius 3 is 2.76 bits per heavy atom. The third kappa shape index (κ3) is 2.82. The zero-order chi connectivity index (χ0) is 14.7. The molecule has 1 aliphatic carbocycles. The van der Waals surface area contributed by atoms with Crippen LogP contribution >= 0.6 is 0 Å². The van der Waals surface area contributed by atoms with Crippen LogP contribution in [0, 0.1) is 5.41 Å². The first-order chi connectivity index (χ1) is 10.2. The number of hydrogen-bond donors (Lipinski definition) is 1. The monoisotopic (exact) mass is 282 g/mol. The Kier molecular flexibility index (Phi) is 4.25. The minimum absolute atomic E-state index is 0.367. The van der Waals surface area contributed by atoms with E-state index in [0.29, 0.717) is 11.5 Å². The molecule has 1 fully saturated rings. The summed E-state index contributed by atoms with van der Waals surface area (Å²) < 4.78 is 0. The van der Waals surface area contributed by atoms with Gasteiger partial charge in [0.05, 0.1) is 0 Å². The molecule has 1 atom stereocenters. The van der Waals surface area contributed by atoms with Crippen molar-refractivity contribution in [3.8, 4) is 0 Å². The van der Waals surface area contributed by atoms with Crippen molar-refractivity contribution in [2.75, 3.05) is 6.54 Å². The van der Waals surface area contributed by atoms with Crippen molar-refractivity contribution in [2.45, 2.75) is 52.0 Å². The Morgan fingerprint density at radius 1 is 1.19 bits per heavy atom. The van der Waals surface area contributed by atoms with Crippen LogP contribution in [0.3, 0.4) is 0 Å². The molecule has 0 spiro atoms. The number of rotatable bonds is 4. The SMILES string of the molecule is CCNC(c1cccc2cnccc12)C1(C)CCCCC1. The molecule has 1 aromatic heterocycles. The molecule has 1 saturated carbocycles. The molecule has 0 bridgehead atoms. The Bertz CT molecular complexity index is 594. The largest absolute Gasteiger partial charge is 0.310 e. The van der Waals surface area contributed by atoms with Gasteiger partial charge in [-0.15, -0.1) is 0 Å². The van der Waals surface area contributed by atoms with Crippen molar-refractivity contribution in [2.24, 2.45) is 5.41 Å². The van der Waals surface area contributed by atoms with Gasteiger partial charge in [0.15, 0.2) is 0 Å². The number of pyridine rings is 1. The molecule has 2 aromatic rings. The van der Waals surface area contributed by atoms with Gasteiger partial charge in [-0.3, -0.25) is 4.98 Å². The van der Waals surface area contributed by atoms with Crippen LogP contribution in [0.25, 0.3) is 10.8 Å². The van der Waals surface area contributed by atoms with Gasteiger partial charge in [-0.25, -0.2) is 0 Å². The fraction of sp³-hybridized carbons (Fsp3) is 0.526. The van der Waals surface area contributed by atoms with Crippen LogP contribution in [0.1, 0.15) is 57.6 Å². The van der Waals surface area contributed by atoms with Crippen LogP contribution in [0.2, 0.25) is 0 Å². The van der Waals surface area contributed by atoms with Crippen molar-refractivity contribution in [1.29, 1.82) is 0 Å². The zero-order valence-corrected chi connectivity index (χ0v) is 13.2. The molecule has 1 aliphatic rings. The Balaban J connectivity index is 2.07. The second kappa shape index (κ2) is 6.15. The lowest BCUT2D eigenvalue weighted by atomic mass is 9.68. The molecule has 2 nitrogen and oxygen atoms in total. The molecule has 1 unspecified atom stereocenters. The van der Waals surface area contributed by atoms with Gasteiger partial charge >= 0.3 is 0 Å². The van der Waals surface area contributed by atoms with E-state index in [0.717, 1.165) is 6.54 Å². The Labute approximate surface area is 128 Å². The first kappa shape index (κ1) is 14.5. The number of nitrogens with one attached hydrogen (secondary N) is 1. The van der Waals surface area contributed by atoms with Gasteiger partial charge in [0, 0.05) is 23.8 Å². The molecule has 0 aliphatic heterocycles. The van der Waals surface area contributed by atoms with Gasteiger partial charge in [0.1, 0.15) is 0 Å². The number of benzene rings is 1. The molecule has 112 valence electrons. The summed E-state index contributed by atoms with van der Waals surface area (Å²) in [5.74, 6) is 0. The van der Waals surface area contributed by atoms with Crippen LogP contribution in [0.4, 0.5) is 0 Å². The van der Waals surface area contributed by atoms with Crippen LogP contribution < -0.4 is 5.32 Å². The molecule has 21 heavy (non-hydrogen) atoms. The highest BCUT2D eigenvalue weighted by Crippen LogP contribution is 2.46. The lowest BCUT2D eigenvalue weighted by Crippen LogP contribution is -2.37. The fourth-order valence-electron chi connectivity index (χ4n) is 3.98. The van der Waals surface area contributed by atoms with E-state index in [-0.39, 0.29) is 0 Å². The van der Waals surface area contributed by atoms with Gasteiger partial charge in [-0.1, -0.05) is 51.3 Å². The summed E-state index contributed by atoms with van der Waals surface area (Å²) in [6.07, 6.45) is 10.7. The van der Waals surface area contributed by atoms with Crippen LogP contribution in [0.15, 0.2) is 36.7 Å². The second-order valence-electron chi connectivity index (χ2n) is 6.65. The van der Waals surface area contributed by atoms with Gasteiger partial charge in [0.25, 0.3) is 0 Å². The smallest absolute Gasteiger partial charge is 0.0380 e. The predicted molar refractivity (Wildman–Crippen MR) is 89.4 cm³/mol. The summed E-state index contributed by atoms with van der Waals surface area (Å²) in [7, 11) is 0. The number of aromatic nitrogens is 1. The van der Waals surface area contributed by atoms with Crippen molar-refractivity contribution in [1.82, 2.24) is 10.3 Å². The topological polar surface area (TPSA) is 24.9 Å². The van der Waals surface area contributed by atoms with E-state index in [1.807, 2.05) is 12.4 Å². The van der Waals surface area contributed by atoms with E-state index in [2.05, 4.69) is 48.4 Å². The van der Waals surface area contributed by atoms with E-state index in [9.17, 15) is 0 Å². The second-order valence-corrected chi connectivity index (χ2v) is 6.65.